The maximum absolute atomic E-state index is 11.1. The lowest BCUT2D eigenvalue weighted by atomic mass is 10.0. The third kappa shape index (κ3) is 4.37. The summed E-state index contributed by atoms with van der Waals surface area (Å²) in [5.41, 5.74) is 0.723. The molecule has 1 aliphatic rings. The number of benzene rings is 1. The van der Waals surface area contributed by atoms with Crippen molar-refractivity contribution in [2.24, 2.45) is 0 Å². The molecule has 1 aliphatic heterocycles. The molecule has 22 heavy (non-hydrogen) atoms. The van der Waals surface area contributed by atoms with Crippen LogP contribution >= 0.6 is 0 Å². The van der Waals surface area contributed by atoms with Crippen LogP contribution in [0.4, 0.5) is 0 Å². The summed E-state index contributed by atoms with van der Waals surface area (Å²) in [6.07, 6.45) is 3.84. The van der Waals surface area contributed by atoms with E-state index in [1.807, 2.05) is 0 Å². The predicted molar refractivity (Wildman–Crippen MR) is 84.8 cm³/mol. The van der Waals surface area contributed by atoms with E-state index < -0.39 is 11.9 Å². The van der Waals surface area contributed by atoms with Gasteiger partial charge in [-0.1, -0.05) is 12.5 Å². The van der Waals surface area contributed by atoms with E-state index in [2.05, 4.69) is 4.90 Å². The first-order valence-electron chi connectivity index (χ1n) is 7.87. The van der Waals surface area contributed by atoms with Crippen LogP contribution in [0.2, 0.25) is 0 Å². The molecule has 1 unspecified atom stereocenters. The maximum Gasteiger partial charge on any atom is 0.310 e. The SMILES string of the molecule is COc1ccc(C(C)C(=O)O)cc1OCCN1CCCCC1. The van der Waals surface area contributed by atoms with Gasteiger partial charge in [-0.25, -0.2) is 0 Å². The normalized spacial score (nSPS) is 17.0. The van der Waals surface area contributed by atoms with Gasteiger partial charge in [-0.15, -0.1) is 0 Å². The Bertz CT molecular complexity index is 497. The molecule has 0 spiro atoms. The second-order valence-electron chi connectivity index (χ2n) is 5.72. The van der Waals surface area contributed by atoms with Gasteiger partial charge in [-0.2, -0.15) is 0 Å². The molecule has 0 aromatic heterocycles. The third-order valence-corrected chi connectivity index (χ3v) is 4.17. The topological polar surface area (TPSA) is 59.0 Å². The average molecular weight is 307 g/mol. The number of piperidine rings is 1. The molecule has 2 rings (SSSR count). The minimum absolute atomic E-state index is 0.560. The van der Waals surface area contributed by atoms with Crippen LogP contribution in [0.25, 0.3) is 0 Å². The van der Waals surface area contributed by atoms with Crippen molar-refractivity contribution in [1.82, 2.24) is 4.90 Å². The molecule has 1 heterocycles. The first kappa shape index (κ1) is 16.6. The number of hydrogen-bond acceptors (Lipinski definition) is 4. The molecule has 1 atom stereocenters. The highest BCUT2D eigenvalue weighted by atomic mass is 16.5. The number of aliphatic carboxylic acids is 1. The number of carboxylic acid groups (broad SMARTS) is 1. The molecule has 1 fully saturated rings. The van der Waals surface area contributed by atoms with Crippen molar-refractivity contribution >= 4 is 5.97 Å². The first-order valence-corrected chi connectivity index (χ1v) is 7.87. The Labute approximate surface area is 131 Å². The van der Waals surface area contributed by atoms with E-state index in [0.717, 1.165) is 25.2 Å². The Morgan fingerprint density at radius 3 is 2.64 bits per heavy atom. The van der Waals surface area contributed by atoms with Crippen LogP contribution in [-0.2, 0) is 4.79 Å². The minimum Gasteiger partial charge on any atom is -0.493 e. The molecule has 1 aromatic rings. The Hall–Kier alpha value is -1.75. The van der Waals surface area contributed by atoms with Gasteiger partial charge in [0.05, 0.1) is 13.0 Å². The summed E-state index contributed by atoms with van der Waals surface area (Å²) in [6, 6.07) is 5.31. The lowest BCUT2D eigenvalue weighted by Crippen LogP contribution is -2.33. The highest BCUT2D eigenvalue weighted by Crippen LogP contribution is 2.31. The Morgan fingerprint density at radius 1 is 1.27 bits per heavy atom. The average Bonchev–Trinajstić information content (AvgIpc) is 2.55. The number of carbonyl (C=O) groups is 1. The van der Waals surface area contributed by atoms with Gasteiger partial charge in [0.15, 0.2) is 11.5 Å². The zero-order chi connectivity index (χ0) is 15.9. The highest BCUT2D eigenvalue weighted by molar-refractivity contribution is 5.75. The van der Waals surface area contributed by atoms with Gasteiger partial charge >= 0.3 is 5.97 Å². The lowest BCUT2D eigenvalue weighted by Gasteiger charge is -2.26. The highest BCUT2D eigenvalue weighted by Gasteiger charge is 2.17. The molecule has 5 heteroatoms. The Morgan fingerprint density at radius 2 is 2.00 bits per heavy atom. The number of rotatable bonds is 7. The van der Waals surface area contributed by atoms with Crippen molar-refractivity contribution in [3.8, 4) is 11.5 Å². The summed E-state index contributed by atoms with van der Waals surface area (Å²) in [5.74, 6) is -0.148. The summed E-state index contributed by atoms with van der Waals surface area (Å²) < 4.78 is 11.1. The Kier molecular flexibility index (Phi) is 6.07. The van der Waals surface area contributed by atoms with Gasteiger partial charge in [0.2, 0.25) is 0 Å². The zero-order valence-corrected chi connectivity index (χ0v) is 13.4. The van der Waals surface area contributed by atoms with E-state index in [1.165, 1.54) is 19.3 Å². The van der Waals surface area contributed by atoms with Crippen LogP contribution in [-0.4, -0.2) is 49.3 Å². The van der Waals surface area contributed by atoms with Gasteiger partial charge in [0.25, 0.3) is 0 Å². The van der Waals surface area contributed by atoms with E-state index in [4.69, 9.17) is 14.6 Å². The number of methoxy groups -OCH3 is 1. The van der Waals surface area contributed by atoms with E-state index in [0.29, 0.717) is 18.1 Å². The number of hydrogen-bond donors (Lipinski definition) is 1. The van der Waals surface area contributed by atoms with Crippen molar-refractivity contribution in [2.45, 2.75) is 32.1 Å². The molecule has 1 saturated heterocycles. The fourth-order valence-corrected chi connectivity index (χ4v) is 2.69. The smallest absolute Gasteiger partial charge is 0.310 e. The van der Waals surface area contributed by atoms with E-state index in [1.54, 1.807) is 32.2 Å². The number of nitrogens with zero attached hydrogens (tertiary/aromatic N) is 1. The number of likely N-dealkylation sites (tertiary alicyclic amines) is 1. The van der Waals surface area contributed by atoms with Gasteiger partial charge in [0.1, 0.15) is 6.61 Å². The monoisotopic (exact) mass is 307 g/mol. The maximum atomic E-state index is 11.1. The van der Waals surface area contributed by atoms with E-state index in [9.17, 15) is 4.79 Å². The van der Waals surface area contributed by atoms with Gasteiger partial charge in [0, 0.05) is 6.54 Å². The van der Waals surface area contributed by atoms with Gasteiger partial charge < -0.3 is 14.6 Å². The molecular weight excluding hydrogens is 282 g/mol. The van der Waals surface area contributed by atoms with Gasteiger partial charge in [-0.3, -0.25) is 9.69 Å². The molecule has 0 aliphatic carbocycles. The van der Waals surface area contributed by atoms with Gasteiger partial charge in [-0.05, 0) is 50.6 Å². The van der Waals surface area contributed by atoms with Crippen molar-refractivity contribution in [1.29, 1.82) is 0 Å². The summed E-state index contributed by atoms with van der Waals surface area (Å²) in [7, 11) is 1.59. The summed E-state index contributed by atoms with van der Waals surface area (Å²) in [5, 5.41) is 9.12. The molecule has 1 aromatic carbocycles. The standard InChI is InChI=1S/C17H25NO4/c1-13(17(19)20)14-6-7-15(21-2)16(12-14)22-11-10-18-8-4-3-5-9-18/h6-7,12-13H,3-5,8-11H2,1-2H3,(H,19,20). The molecule has 0 radical (unpaired) electrons. The first-order chi connectivity index (χ1) is 10.6. The lowest BCUT2D eigenvalue weighted by molar-refractivity contribution is -0.138. The van der Waals surface area contributed by atoms with Crippen molar-refractivity contribution < 1.29 is 19.4 Å². The molecule has 0 amide bonds. The molecule has 5 nitrogen and oxygen atoms in total. The summed E-state index contributed by atoms with van der Waals surface area (Å²) >= 11 is 0. The zero-order valence-electron chi connectivity index (χ0n) is 13.4. The number of ether oxygens (including phenoxy) is 2. The number of carboxylic acids is 1. The summed E-state index contributed by atoms with van der Waals surface area (Å²) in [4.78, 5) is 13.5. The fraction of sp³-hybridized carbons (Fsp3) is 0.588. The van der Waals surface area contributed by atoms with E-state index in [-0.39, 0.29) is 0 Å². The van der Waals surface area contributed by atoms with Crippen LogP contribution in [0, 0.1) is 0 Å². The molecule has 1 N–H and O–H groups in total. The predicted octanol–water partition coefficient (Wildman–Crippen LogP) is 2.75. The van der Waals surface area contributed by atoms with Crippen LogP contribution in [0.5, 0.6) is 11.5 Å². The van der Waals surface area contributed by atoms with Crippen molar-refractivity contribution in [3.05, 3.63) is 23.8 Å². The van der Waals surface area contributed by atoms with Crippen LogP contribution < -0.4 is 9.47 Å². The van der Waals surface area contributed by atoms with Crippen molar-refractivity contribution in [2.75, 3.05) is 33.4 Å². The molecular formula is C17H25NO4. The van der Waals surface area contributed by atoms with Crippen molar-refractivity contribution in [3.63, 3.8) is 0 Å². The Balaban J connectivity index is 1.98. The van der Waals surface area contributed by atoms with Crippen LogP contribution in [0.1, 0.15) is 37.7 Å². The molecule has 0 bridgehead atoms. The van der Waals surface area contributed by atoms with Crippen LogP contribution in [0.15, 0.2) is 18.2 Å². The summed E-state index contributed by atoms with van der Waals surface area (Å²) in [6.45, 7) is 5.41. The second-order valence-corrected chi connectivity index (χ2v) is 5.72. The largest absolute Gasteiger partial charge is 0.493 e. The van der Waals surface area contributed by atoms with Crippen LogP contribution in [0.3, 0.4) is 0 Å². The fourth-order valence-electron chi connectivity index (χ4n) is 2.69. The quantitative estimate of drug-likeness (QED) is 0.839. The molecule has 0 saturated carbocycles. The van der Waals surface area contributed by atoms with E-state index >= 15 is 0 Å². The molecule has 122 valence electrons. The minimum atomic E-state index is -0.843. The second kappa shape index (κ2) is 8.03. The third-order valence-electron chi connectivity index (χ3n) is 4.17.